The van der Waals surface area contributed by atoms with Crippen molar-refractivity contribution in [3.05, 3.63) is 0 Å². The summed E-state index contributed by atoms with van der Waals surface area (Å²) in [6, 6.07) is 0.536. The summed E-state index contributed by atoms with van der Waals surface area (Å²) in [6.45, 7) is 0. The van der Waals surface area contributed by atoms with Gasteiger partial charge in [0.2, 0.25) is 0 Å². The van der Waals surface area contributed by atoms with E-state index in [-0.39, 0.29) is 0 Å². The fourth-order valence-electron chi connectivity index (χ4n) is 1.13. The Kier molecular flexibility index (Phi) is 5.29. The van der Waals surface area contributed by atoms with Gasteiger partial charge in [-0.3, -0.25) is 0 Å². The molecule has 0 aromatic heterocycles. The molecule has 1 nitrogen and oxygen atoms in total. The van der Waals surface area contributed by atoms with E-state index in [2.05, 4.69) is 0 Å². The molecule has 0 saturated heterocycles. The zero-order valence-corrected chi connectivity index (χ0v) is 6.78. The average Bonchev–Trinajstić information content (AvgIpc) is 1.85. The molecule has 0 aromatic carbocycles. The predicted molar refractivity (Wildman–Crippen MR) is 41.2 cm³/mol. The number of halogens is 4. The number of nitrogens with two attached hydrogens (primary N) is 1. The molecule has 1 aliphatic rings. The monoisotopic (exact) mass is 186 g/mol. The van der Waals surface area contributed by atoms with Gasteiger partial charge in [-0.05, 0) is 12.8 Å². The molecule has 1 rings (SSSR count). The molecular formula is C6H13BF4N-. The third-order valence-corrected chi connectivity index (χ3v) is 1.65. The molecule has 0 aromatic rings. The van der Waals surface area contributed by atoms with Crippen LogP contribution in [0.5, 0.6) is 0 Å². The van der Waals surface area contributed by atoms with E-state index >= 15 is 0 Å². The second-order valence-electron chi connectivity index (χ2n) is 2.89. The summed E-state index contributed by atoms with van der Waals surface area (Å²) in [5.74, 6) is 0. The molecule has 0 radical (unpaired) electrons. The van der Waals surface area contributed by atoms with Crippen LogP contribution >= 0.6 is 0 Å². The summed E-state index contributed by atoms with van der Waals surface area (Å²) in [4.78, 5) is 0. The molecule has 0 unspecified atom stereocenters. The van der Waals surface area contributed by atoms with Gasteiger partial charge in [0.1, 0.15) is 0 Å². The molecule has 0 spiro atoms. The first-order chi connectivity index (χ1) is 5.39. The maximum Gasteiger partial charge on any atom is 0.673 e. The van der Waals surface area contributed by atoms with Gasteiger partial charge in [-0.2, -0.15) is 0 Å². The summed E-state index contributed by atoms with van der Waals surface area (Å²) in [7, 11) is -6.00. The largest absolute Gasteiger partial charge is 0.673 e. The Morgan fingerprint density at radius 1 is 0.917 bits per heavy atom. The Labute approximate surface area is 69.4 Å². The van der Waals surface area contributed by atoms with E-state index < -0.39 is 7.25 Å². The fraction of sp³-hybridized carbons (Fsp3) is 1.00. The van der Waals surface area contributed by atoms with Crippen LogP contribution < -0.4 is 5.73 Å². The van der Waals surface area contributed by atoms with Gasteiger partial charge < -0.3 is 23.0 Å². The van der Waals surface area contributed by atoms with Crippen LogP contribution in [0.3, 0.4) is 0 Å². The van der Waals surface area contributed by atoms with E-state index in [1.807, 2.05) is 0 Å². The maximum absolute atomic E-state index is 9.75. The summed E-state index contributed by atoms with van der Waals surface area (Å²) in [5.41, 5.74) is 5.63. The molecule has 0 heterocycles. The molecule has 0 atom stereocenters. The average molecular weight is 186 g/mol. The van der Waals surface area contributed by atoms with Gasteiger partial charge in [0.15, 0.2) is 0 Å². The molecule has 1 saturated carbocycles. The van der Waals surface area contributed by atoms with Gasteiger partial charge in [0.05, 0.1) is 0 Å². The van der Waals surface area contributed by atoms with Crippen LogP contribution in [0, 0.1) is 0 Å². The quantitative estimate of drug-likeness (QED) is 0.456. The van der Waals surface area contributed by atoms with Crippen molar-refractivity contribution in [1.29, 1.82) is 0 Å². The lowest BCUT2D eigenvalue weighted by Crippen LogP contribution is -2.22. The van der Waals surface area contributed by atoms with Crippen LogP contribution in [0.15, 0.2) is 0 Å². The van der Waals surface area contributed by atoms with E-state index in [0.29, 0.717) is 6.04 Å². The van der Waals surface area contributed by atoms with Crippen LogP contribution in [0.2, 0.25) is 0 Å². The van der Waals surface area contributed by atoms with Crippen molar-refractivity contribution < 1.29 is 17.3 Å². The van der Waals surface area contributed by atoms with Crippen LogP contribution in [0.4, 0.5) is 17.3 Å². The zero-order valence-electron chi connectivity index (χ0n) is 6.78. The molecule has 0 amide bonds. The minimum Gasteiger partial charge on any atom is -0.418 e. The Balaban J connectivity index is 0.000000217. The number of rotatable bonds is 0. The summed E-state index contributed by atoms with van der Waals surface area (Å²) >= 11 is 0. The zero-order chi connectivity index (χ0) is 9.61. The smallest absolute Gasteiger partial charge is 0.418 e. The molecule has 0 aliphatic heterocycles. The number of hydrogen-bond acceptors (Lipinski definition) is 1. The molecule has 6 heteroatoms. The lowest BCUT2D eigenvalue weighted by Gasteiger charge is -2.15. The Morgan fingerprint density at radius 2 is 1.25 bits per heavy atom. The molecule has 12 heavy (non-hydrogen) atoms. The summed E-state index contributed by atoms with van der Waals surface area (Å²) in [5, 5.41) is 0. The topological polar surface area (TPSA) is 26.0 Å². The van der Waals surface area contributed by atoms with Crippen molar-refractivity contribution in [2.45, 2.75) is 38.1 Å². The SMILES string of the molecule is F[B-](F)(F)F.NC1CCCCC1. The lowest BCUT2D eigenvalue weighted by atomic mass is 9.97. The van der Waals surface area contributed by atoms with Crippen LogP contribution in [-0.4, -0.2) is 13.3 Å². The highest BCUT2D eigenvalue weighted by molar-refractivity contribution is 6.50. The summed E-state index contributed by atoms with van der Waals surface area (Å²) < 4.78 is 39.0. The minimum absolute atomic E-state index is 0.536. The molecular weight excluding hydrogens is 173 g/mol. The van der Waals surface area contributed by atoms with Gasteiger partial charge in [-0.1, -0.05) is 19.3 Å². The first-order valence-electron chi connectivity index (χ1n) is 4.02. The van der Waals surface area contributed by atoms with Gasteiger partial charge in [-0.15, -0.1) is 0 Å². The van der Waals surface area contributed by atoms with Crippen molar-refractivity contribution >= 4 is 7.25 Å². The highest BCUT2D eigenvalue weighted by atomic mass is 19.5. The lowest BCUT2D eigenvalue weighted by molar-refractivity contribution is 0.368. The standard InChI is InChI=1S/C6H13N.BF4/c7-6-4-2-1-3-5-6;2-1(3,4)5/h6H,1-5,7H2;/q;-1. The van der Waals surface area contributed by atoms with Crippen LogP contribution in [0.1, 0.15) is 32.1 Å². The molecule has 0 bridgehead atoms. The van der Waals surface area contributed by atoms with Crippen molar-refractivity contribution in [1.82, 2.24) is 0 Å². The molecule has 74 valence electrons. The maximum atomic E-state index is 9.75. The van der Waals surface area contributed by atoms with Gasteiger partial charge in [0, 0.05) is 6.04 Å². The predicted octanol–water partition coefficient (Wildman–Crippen LogP) is 2.58. The Bertz CT molecular complexity index is 105. The highest BCUT2D eigenvalue weighted by Gasteiger charge is 2.20. The van der Waals surface area contributed by atoms with E-state index in [4.69, 9.17) is 5.73 Å². The first kappa shape index (κ1) is 11.7. The van der Waals surface area contributed by atoms with E-state index in [1.165, 1.54) is 32.1 Å². The van der Waals surface area contributed by atoms with Gasteiger partial charge in [-0.25, -0.2) is 0 Å². The van der Waals surface area contributed by atoms with Gasteiger partial charge >= 0.3 is 7.25 Å². The second kappa shape index (κ2) is 5.40. The summed E-state index contributed by atoms with van der Waals surface area (Å²) in [6.07, 6.45) is 6.66. The van der Waals surface area contributed by atoms with Crippen molar-refractivity contribution in [3.63, 3.8) is 0 Å². The molecule has 1 aliphatic carbocycles. The van der Waals surface area contributed by atoms with E-state index in [0.717, 1.165) is 0 Å². The Morgan fingerprint density at radius 3 is 1.42 bits per heavy atom. The third-order valence-electron chi connectivity index (χ3n) is 1.65. The first-order valence-corrected chi connectivity index (χ1v) is 4.02. The van der Waals surface area contributed by atoms with E-state index in [1.54, 1.807) is 0 Å². The van der Waals surface area contributed by atoms with E-state index in [9.17, 15) is 17.3 Å². The molecule has 1 fully saturated rings. The fourth-order valence-corrected chi connectivity index (χ4v) is 1.13. The normalized spacial score (nSPS) is 19.8. The highest BCUT2D eigenvalue weighted by Crippen LogP contribution is 2.14. The Hall–Kier alpha value is -0.255. The van der Waals surface area contributed by atoms with Gasteiger partial charge in [0.25, 0.3) is 0 Å². The van der Waals surface area contributed by atoms with Crippen molar-refractivity contribution in [2.24, 2.45) is 5.73 Å². The van der Waals surface area contributed by atoms with Crippen LogP contribution in [0.25, 0.3) is 0 Å². The third kappa shape index (κ3) is 12.4. The molecule has 2 N–H and O–H groups in total. The van der Waals surface area contributed by atoms with Crippen molar-refractivity contribution in [3.8, 4) is 0 Å². The second-order valence-corrected chi connectivity index (χ2v) is 2.89. The van der Waals surface area contributed by atoms with Crippen LogP contribution in [-0.2, 0) is 0 Å². The minimum atomic E-state index is -6.00. The van der Waals surface area contributed by atoms with Crippen molar-refractivity contribution in [2.75, 3.05) is 0 Å². The number of hydrogen-bond donors (Lipinski definition) is 1.